The molecule has 4 rings (SSSR count). The number of nitrogens with one attached hydrogen (secondary N) is 1. The minimum absolute atomic E-state index is 0.0497. The van der Waals surface area contributed by atoms with Gasteiger partial charge in [-0.15, -0.1) is 0 Å². The van der Waals surface area contributed by atoms with Gasteiger partial charge < -0.3 is 14.8 Å². The van der Waals surface area contributed by atoms with Crippen LogP contribution in [0.15, 0.2) is 30.7 Å². The van der Waals surface area contributed by atoms with Crippen LogP contribution in [0.25, 0.3) is 10.9 Å². The van der Waals surface area contributed by atoms with Gasteiger partial charge in [0.2, 0.25) is 5.91 Å². The van der Waals surface area contributed by atoms with E-state index in [1.165, 1.54) is 13.3 Å². The van der Waals surface area contributed by atoms with E-state index in [0.717, 1.165) is 12.8 Å². The molecule has 0 spiro atoms. The Bertz CT molecular complexity index is 1080. The van der Waals surface area contributed by atoms with E-state index < -0.39 is 12.8 Å². The van der Waals surface area contributed by atoms with Gasteiger partial charge in [0.15, 0.2) is 12.4 Å². The minimum atomic E-state index is -4.47. The number of halogens is 3. The second-order valence-electron chi connectivity index (χ2n) is 6.94. The Labute approximate surface area is 169 Å². The van der Waals surface area contributed by atoms with Crippen molar-refractivity contribution in [2.45, 2.75) is 25.6 Å². The van der Waals surface area contributed by atoms with Crippen LogP contribution in [0.5, 0.6) is 11.6 Å². The predicted octanol–water partition coefficient (Wildman–Crippen LogP) is 3.17. The molecule has 1 aliphatic carbocycles. The topological polar surface area (TPSA) is 91.2 Å². The summed E-state index contributed by atoms with van der Waals surface area (Å²) < 4.78 is 48.5. The van der Waals surface area contributed by atoms with Gasteiger partial charge in [-0.05, 0) is 30.5 Å². The number of nitrogens with zero attached hydrogens (tertiary/aromatic N) is 4. The molecule has 0 aliphatic heterocycles. The molecule has 0 saturated heterocycles. The van der Waals surface area contributed by atoms with Crippen molar-refractivity contribution in [1.29, 1.82) is 0 Å². The second-order valence-corrected chi connectivity index (χ2v) is 6.94. The summed E-state index contributed by atoms with van der Waals surface area (Å²) in [7, 11) is 1.32. The number of pyridine rings is 2. The molecule has 1 amide bonds. The Morgan fingerprint density at radius 3 is 2.83 bits per heavy atom. The first kappa shape index (κ1) is 19.9. The lowest BCUT2D eigenvalue weighted by atomic mass is 10.2. The summed E-state index contributed by atoms with van der Waals surface area (Å²) in [6.45, 7) is -1.17. The fourth-order valence-electron chi connectivity index (χ4n) is 2.89. The molecule has 158 valence electrons. The number of hydrogen-bond acceptors (Lipinski definition) is 6. The summed E-state index contributed by atoms with van der Waals surface area (Å²) in [5.41, 5.74) is 1.30. The van der Waals surface area contributed by atoms with Crippen LogP contribution in [0.4, 0.5) is 19.0 Å². The fraction of sp³-hybridized carbons (Fsp3) is 0.368. The molecular formula is C19H18F3N5O3. The summed E-state index contributed by atoms with van der Waals surface area (Å²) in [5.74, 6) is 0.299. The van der Waals surface area contributed by atoms with Crippen LogP contribution in [-0.2, 0) is 11.3 Å². The first-order valence-corrected chi connectivity index (χ1v) is 9.18. The summed E-state index contributed by atoms with van der Waals surface area (Å²) in [5, 5.41) is 7.98. The average Bonchev–Trinajstić information content (AvgIpc) is 3.47. The monoisotopic (exact) mass is 421 g/mol. The van der Waals surface area contributed by atoms with Gasteiger partial charge in [-0.25, -0.2) is 9.97 Å². The summed E-state index contributed by atoms with van der Waals surface area (Å²) >= 11 is 0. The second kappa shape index (κ2) is 7.81. The fourth-order valence-corrected chi connectivity index (χ4v) is 2.89. The third-order valence-corrected chi connectivity index (χ3v) is 4.48. The number of methoxy groups -OCH3 is 1. The molecule has 8 nitrogen and oxygen atoms in total. The average molecular weight is 421 g/mol. The van der Waals surface area contributed by atoms with Gasteiger partial charge in [0.25, 0.3) is 5.88 Å². The number of aromatic nitrogens is 4. The third kappa shape index (κ3) is 4.61. The van der Waals surface area contributed by atoms with Crippen molar-refractivity contribution >= 4 is 22.6 Å². The van der Waals surface area contributed by atoms with E-state index in [1.54, 1.807) is 29.2 Å². The van der Waals surface area contributed by atoms with E-state index in [9.17, 15) is 18.0 Å². The molecular weight excluding hydrogens is 403 g/mol. The van der Waals surface area contributed by atoms with Crippen molar-refractivity contribution in [3.8, 4) is 11.6 Å². The van der Waals surface area contributed by atoms with Crippen LogP contribution in [0.3, 0.4) is 0 Å². The molecule has 0 atom stereocenters. The SMILES string of the molecule is COc1cc(Cn2cc3c(NC(=O)C4CC4)nccc3n2)cnc1OCC(F)(F)F. The molecule has 3 aromatic heterocycles. The highest BCUT2D eigenvalue weighted by Crippen LogP contribution is 2.31. The van der Waals surface area contributed by atoms with E-state index in [4.69, 9.17) is 9.47 Å². The normalized spacial score (nSPS) is 14.0. The molecule has 1 saturated carbocycles. The maximum Gasteiger partial charge on any atom is 0.422 e. The van der Waals surface area contributed by atoms with Gasteiger partial charge in [0, 0.05) is 24.5 Å². The van der Waals surface area contributed by atoms with Crippen molar-refractivity contribution in [1.82, 2.24) is 19.7 Å². The molecule has 0 radical (unpaired) electrons. The van der Waals surface area contributed by atoms with E-state index >= 15 is 0 Å². The predicted molar refractivity (Wildman–Crippen MR) is 100 cm³/mol. The zero-order chi connectivity index (χ0) is 21.3. The van der Waals surface area contributed by atoms with Gasteiger partial charge in [0.1, 0.15) is 5.82 Å². The summed E-state index contributed by atoms with van der Waals surface area (Å²) in [4.78, 5) is 20.2. The molecule has 1 aliphatic rings. The molecule has 1 fully saturated rings. The van der Waals surface area contributed by atoms with Crippen molar-refractivity contribution in [2.75, 3.05) is 19.0 Å². The van der Waals surface area contributed by atoms with Crippen molar-refractivity contribution < 1.29 is 27.4 Å². The largest absolute Gasteiger partial charge is 0.491 e. The molecule has 0 aromatic carbocycles. The van der Waals surface area contributed by atoms with Crippen LogP contribution in [-0.4, -0.2) is 45.5 Å². The van der Waals surface area contributed by atoms with Crippen molar-refractivity contribution in [3.63, 3.8) is 0 Å². The molecule has 1 N–H and O–H groups in total. The first-order chi connectivity index (χ1) is 14.3. The molecule has 3 heterocycles. The van der Waals surface area contributed by atoms with E-state index in [0.29, 0.717) is 22.3 Å². The number of alkyl halides is 3. The number of hydrogen-bond donors (Lipinski definition) is 1. The van der Waals surface area contributed by atoms with E-state index in [2.05, 4.69) is 20.4 Å². The van der Waals surface area contributed by atoms with Crippen LogP contribution in [0.1, 0.15) is 18.4 Å². The Balaban J connectivity index is 1.52. The number of fused-ring (bicyclic) bond motifs is 1. The molecule has 0 unspecified atom stereocenters. The molecule has 3 aromatic rings. The van der Waals surface area contributed by atoms with Crippen LogP contribution >= 0.6 is 0 Å². The number of anilines is 1. The summed E-state index contributed by atoms with van der Waals surface area (Å²) in [6, 6.07) is 3.27. The third-order valence-electron chi connectivity index (χ3n) is 4.48. The first-order valence-electron chi connectivity index (χ1n) is 9.18. The van der Waals surface area contributed by atoms with Crippen LogP contribution in [0, 0.1) is 5.92 Å². The highest BCUT2D eigenvalue weighted by Gasteiger charge is 2.30. The van der Waals surface area contributed by atoms with Gasteiger partial charge in [-0.2, -0.15) is 18.3 Å². The standard InChI is InChI=1S/C19H18F3N5O3/c1-29-15-6-11(7-24-18(15)30-10-19(20,21)22)8-27-9-13-14(26-27)4-5-23-16(13)25-17(28)12-2-3-12/h4-7,9,12H,2-3,8,10H2,1H3,(H,23,25,28). The van der Waals surface area contributed by atoms with Crippen molar-refractivity contribution in [2.24, 2.45) is 5.92 Å². The molecule has 11 heteroatoms. The number of ether oxygens (including phenoxy) is 2. The van der Waals surface area contributed by atoms with Gasteiger partial charge >= 0.3 is 6.18 Å². The van der Waals surface area contributed by atoms with E-state index in [-0.39, 0.29) is 30.0 Å². The summed E-state index contributed by atoms with van der Waals surface area (Å²) in [6.07, 6.45) is 2.01. The minimum Gasteiger partial charge on any atom is -0.491 e. The highest BCUT2D eigenvalue weighted by atomic mass is 19.4. The molecule has 30 heavy (non-hydrogen) atoms. The number of amides is 1. The van der Waals surface area contributed by atoms with E-state index in [1.807, 2.05) is 0 Å². The van der Waals surface area contributed by atoms with Crippen molar-refractivity contribution in [3.05, 3.63) is 36.3 Å². The van der Waals surface area contributed by atoms with Gasteiger partial charge in [-0.1, -0.05) is 0 Å². The Morgan fingerprint density at radius 2 is 2.13 bits per heavy atom. The number of rotatable bonds is 7. The number of carbonyl (C=O) groups excluding carboxylic acids is 1. The lowest BCUT2D eigenvalue weighted by molar-refractivity contribution is -0.154. The molecule has 0 bridgehead atoms. The maximum absolute atomic E-state index is 12.4. The van der Waals surface area contributed by atoms with Gasteiger partial charge in [0.05, 0.1) is 24.6 Å². The Kier molecular flexibility index (Phi) is 5.18. The number of carbonyl (C=O) groups is 1. The van der Waals surface area contributed by atoms with Crippen LogP contribution in [0.2, 0.25) is 0 Å². The Morgan fingerprint density at radius 1 is 1.33 bits per heavy atom. The van der Waals surface area contributed by atoms with Gasteiger partial charge in [-0.3, -0.25) is 9.48 Å². The Hall–Kier alpha value is -3.37. The maximum atomic E-state index is 12.4. The zero-order valence-corrected chi connectivity index (χ0v) is 15.9. The quantitative estimate of drug-likeness (QED) is 0.630. The van der Waals surface area contributed by atoms with Crippen LogP contribution < -0.4 is 14.8 Å². The zero-order valence-electron chi connectivity index (χ0n) is 15.9. The lowest BCUT2D eigenvalue weighted by Crippen LogP contribution is -2.20. The smallest absolute Gasteiger partial charge is 0.422 e. The lowest BCUT2D eigenvalue weighted by Gasteiger charge is -2.12. The highest BCUT2D eigenvalue weighted by molar-refractivity contribution is 6.00.